The Kier molecular flexibility index (Phi) is 6.46. The molecule has 2 heterocycles. The van der Waals surface area contributed by atoms with Crippen LogP contribution in [0.2, 0.25) is 0 Å². The van der Waals surface area contributed by atoms with E-state index in [-0.39, 0.29) is 36.7 Å². The van der Waals surface area contributed by atoms with E-state index >= 15 is 0 Å². The smallest absolute Gasteiger partial charge is 0.257 e. The first-order valence-corrected chi connectivity index (χ1v) is 9.45. The number of benzene rings is 1. The topological polar surface area (TPSA) is 71.8 Å². The van der Waals surface area contributed by atoms with Crippen molar-refractivity contribution in [3.8, 4) is 0 Å². The van der Waals surface area contributed by atoms with Gasteiger partial charge in [0.2, 0.25) is 5.91 Å². The summed E-state index contributed by atoms with van der Waals surface area (Å²) in [4.78, 5) is 26.9. The summed E-state index contributed by atoms with van der Waals surface area (Å²) in [5, 5.41) is 2.72. The number of halogens is 1. The average molecular weight is 388 g/mol. The van der Waals surface area contributed by atoms with Crippen LogP contribution in [0.4, 0.5) is 10.1 Å². The molecule has 6 nitrogen and oxygen atoms in total. The number of nitrogens with zero attached hydrogens (tertiary/aromatic N) is 1. The zero-order chi connectivity index (χ0) is 20.1. The van der Waals surface area contributed by atoms with Crippen molar-refractivity contribution >= 4 is 17.5 Å². The van der Waals surface area contributed by atoms with Crippen LogP contribution in [-0.4, -0.2) is 42.5 Å². The molecule has 1 unspecified atom stereocenters. The second kappa shape index (κ2) is 9.01. The number of aryl methyl sites for hydroxylation is 2. The SMILES string of the molecule is Cc1cc(C(=O)N(CCC(=O)Nc2ccc(F)cc2)CC2CCCO2)c(C)o1. The molecule has 3 rings (SSSR count). The zero-order valence-corrected chi connectivity index (χ0v) is 16.2. The summed E-state index contributed by atoms with van der Waals surface area (Å²) in [6, 6.07) is 7.29. The van der Waals surface area contributed by atoms with Crippen molar-refractivity contribution in [2.45, 2.75) is 39.2 Å². The van der Waals surface area contributed by atoms with E-state index in [1.807, 2.05) is 0 Å². The van der Waals surface area contributed by atoms with Gasteiger partial charge in [-0.3, -0.25) is 9.59 Å². The molecule has 1 N–H and O–H groups in total. The van der Waals surface area contributed by atoms with E-state index in [0.717, 1.165) is 12.8 Å². The van der Waals surface area contributed by atoms with Gasteiger partial charge < -0.3 is 19.4 Å². The summed E-state index contributed by atoms with van der Waals surface area (Å²) >= 11 is 0. The van der Waals surface area contributed by atoms with Gasteiger partial charge in [0.15, 0.2) is 0 Å². The number of hydrogen-bond acceptors (Lipinski definition) is 4. The van der Waals surface area contributed by atoms with Gasteiger partial charge in [-0.15, -0.1) is 0 Å². The number of hydrogen-bond donors (Lipinski definition) is 1. The first-order chi connectivity index (χ1) is 13.4. The predicted molar refractivity (Wildman–Crippen MR) is 103 cm³/mol. The summed E-state index contributed by atoms with van der Waals surface area (Å²) in [6.07, 6.45) is 1.99. The van der Waals surface area contributed by atoms with Crippen molar-refractivity contribution in [1.29, 1.82) is 0 Å². The van der Waals surface area contributed by atoms with Crippen LogP contribution in [0.15, 0.2) is 34.7 Å². The van der Waals surface area contributed by atoms with Gasteiger partial charge in [0.05, 0.1) is 11.7 Å². The maximum absolute atomic E-state index is 13.0. The molecule has 0 bridgehead atoms. The molecule has 1 saturated heterocycles. The van der Waals surface area contributed by atoms with Gasteiger partial charge in [0.25, 0.3) is 5.91 Å². The van der Waals surface area contributed by atoms with Crippen molar-refractivity contribution in [3.05, 3.63) is 53.2 Å². The lowest BCUT2D eigenvalue weighted by atomic mass is 10.1. The molecule has 0 saturated carbocycles. The lowest BCUT2D eigenvalue weighted by Gasteiger charge is -2.25. The molecular formula is C21H25FN2O4. The van der Waals surface area contributed by atoms with E-state index in [2.05, 4.69) is 5.32 Å². The second-order valence-electron chi connectivity index (χ2n) is 7.02. The van der Waals surface area contributed by atoms with Gasteiger partial charge in [0, 0.05) is 31.8 Å². The minimum absolute atomic E-state index is 0.0163. The third kappa shape index (κ3) is 5.19. The predicted octanol–water partition coefficient (Wildman–Crippen LogP) is 3.69. The monoisotopic (exact) mass is 388 g/mol. The molecule has 1 aromatic heterocycles. The molecule has 1 aromatic carbocycles. The van der Waals surface area contributed by atoms with Gasteiger partial charge in [-0.1, -0.05) is 0 Å². The molecule has 2 amide bonds. The molecule has 1 fully saturated rings. The molecule has 0 aliphatic carbocycles. The Morgan fingerprint density at radius 1 is 1.25 bits per heavy atom. The number of anilines is 1. The van der Waals surface area contributed by atoms with E-state index in [0.29, 0.717) is 35.9 Å². The van der Waals surface area contributed by atoms with Gasteiger partial charge in [-0.05, 0) is 57.0 Å². The fourth-order valence-corrected chi connectivity index (χ4v) is 3.32. The minimum Gasteiger partial charge on any atom is -0.466 e. The Morgan fingerprint density at radius 2 is 2.00 bits per heavy atom. The maximum atomic E-state index is 13.0. The number of rotatable bonds is 7. The molecule has 1 aliphatic heterocycles. The Labute approximate surface area is 163 Å². The standard InChI is InChI=1S/C21H25FN2O4/c1-14-12-19(15(2)28-14)21(26)24(13-18-4-3-11-27-18)10-9-20(25)23-17-7-5-16(22)6-8-17/h5-8,12,18H,3-4,9-11,13H2,1-2H3,(H,23,25). The number of carbonyl (C=O) groups is 2. The third-order valence-corrected chi connectivity index (χ3v) is 4.74. The molecule has 1 aliphatic rings. The van der Waals surface area contributed by atoms with Crippen LogP contribution >= 0.6 is 0 Å². The summed E-state index contributed by atoms with van der Waals surface area (Å²) in [7, 11) is 0. The normalized spacial score (nSPS) is 16.2. The number of ether oxygens (including phenoxy) is 1. The quantitative estimate of drug-likeness (QED) is 0.785. The first kappa shape index (κ1) is 20.1. The van der Waals surface area contributed by atoms with Gasteiger partial charge in [-0.2, -0.15) is 0 Å². The Morgan fingerprint density at radius 3 is 2.61 bits per heavy atom. The molecule has 7 heteroatoms. The largest absolute Gasteiger partial charge is 0.466 e. The summed E-state index contributed by atoms with van der Waals surface area (Å²) < 4.78 is 24.1. The van der Waals surface area contributed by atoms with Gasteiger partial charge in [-0.25, -0.2) is 4.39 Å². The van der Waals surface area contributed by atoms with Crippen LogP contribution in [0.5, 0.6) is 0 Å². The molecule has 28 heavy (non-hydrogen) atoms. The highest BCUT2D eigenvalue weighted by Gasteiger charge is 2.26. The van der Waals surface area contributed by atoms with E-state index in [1.165, 1.54) is 24.3 Å². The Balaban J connectivity index is 1.64. The lowest BCUT2D eigenvalue weighted by molar-refractivity contribution is -0.116. The lowest BCUT2D eigenvalue weighted by Crippen LogP contribution is -2.39. The fourth-order valence-electron chi connectivity index (χ4n) is 3.32. The number of nitrogens with one attached hydrogen (secondary N) is 1. The minimum atomic E-state index is -0.364. The van der Waals surface area contributed by atoms with E-state index < -0.39 is 0 Å². The highest BCUT2D eigenvalue weighted by molar-refractivity contribution is 5.96. The summed E-state index contributed by atoms with van der Waals surface area (Å²) in [6.45, 7) is 4.94. The average Bonchev–Trinajstić information content (AvgIpc) is 3.29. The third-order valence-electron chi connectivity index (χ3n) is 4.74. The molecule has 0 radical (unpaired) electrons. The summed E-state index contributed by atoms with van der Waals surface area (Å²) in [5.74, 6) is 0.468. The van der Waals surface area contributed by atoms with Gasteiger partial charge in [0.1, 0.15) is 17.3 Å². The highest BCUT2D eigenvalue weighted by atomic mass is 19.1. The van der Waals surface area contributed by atoms with Crippen molar-refractivity contribution in [1.82, 2.24) is 4.90 Å². The van der Waals surface area contributed by atoms with Crippen molar-refractivity contribution in [2.75, 3.05) is 25.0 Å². The molecular weight excluding hydrogens is 363 g/mol. The van der Waals surface area contributed by atoms with Crippen LogP contribution < -0.4 is 5.32 Å². The fraction of sp³-hybridized carbons (Fsp3) is 0.429. The van der Waals surface area contributed by atoms with Crippen molar-refractivity contribution in [3.63, 3.8) is 0 Å². The van der Waals surface area contributed by atoms with E-state index in [1.54, 1.807) is 24.8 Å². The Hall–Kier alpha value is -2.67. The van der Waals surface area contributed by atoms with Crippen molar-refractivity contribution < 1.29 is 23.1 Å². The maximum Gasteiger partial charge on any atom is 0.257 e. The van der Waals surface area contributed by atoms with Crippen LogP contribution in [0, 0.1) is 19.7 Å². The van der Waals surface area contributed by atoms with Crippen LogP contribution in [-0.2, 0) is 9.53 Å². The van der Waals surface area contributed by atoms with Crippen molar-refractivity contribution in [2.24, 2.45) is 0 Å². The van der Waals surface area contributed by atoms with Crippen LogP contribution in [0.3, 0.4) is 0 Å². The van der Waals surface area contributed by atoms with Gasteiger partial charge >= 0.3 is 0 Å². The Bertz CT molecular complexity index is 825. The number of amides is 2. The zero-order valence-electron chi connectivity index (χ0n) is 16.2. The molecule has 1 atom stereocenters. The number of carbonyl (C=O) groups excluding carboxylic acids is 2. The van der Waals surface area contributed by atoms with Crippen LogP contribution in [0.25, 0.3) is 0 Å². The highest BCUT2D eigenvalue weighted by Crippen LogP contribution is 2.19. The summed E-state index contributed by atoms with van der Waals surface area (Å²) in [5.41, 5.74) is 1.03. The number of furan rings is 1. The van der Waals surface area contributed by atoms with E-state index in [4.69, 9.17) is 9.15 Å². The first-order valence-electron chi connectivity index (χ1n) is 9.45. The second-order valence-corrected chi connectivity index (χ2v) is 7.02. The van der Waals surface area contributed by atoms with E-state index in [9.17, 15) is 14.0 Å². The van der Waals surface area contributed by atoms with Crippen LogP contribution in [0.1, 0.15) is 41.1 Å². The molecule has 150 valence electrons. The molecule has 0 spiro atoms. The molecule has 2 aromatic rings.